The number of aromatic nitrogens is 2. The molecular formula is C18H25F2N3O. The molecular weight excluding hydrogens is 312 g/mol. The van der Waals surface area contributed by atoms with Crippen molar-refractivity contribution in [1.29, 1.82) is 0 Å². The highest BCUT2D eigenvalue weighted by Gasteiger charge is 2.12. The molecule has 0 atom stereocenters. The van der Waals surface area contributed by atoms with Gasteiger partial charge in [-0.15, -0.1) is 0 Å². The van der Waals surface area contributed by atoms with E-state index in [-0.39, 0.29) is 5.75 Å². The van der Waals surface area contributed by atoms with Gasteiger partial charge in [-0.1, -0.05) is 12.1 Å². The second-order valence-electron chi connectivity index (χ2n) is 6.14. The fourth-order valence-electron chi connectivity index (χ4n) is 3.04. The summed E-state index contributed by atoms with van der Waals surface area (Å²) in [7, 11) is 1.95. The molecule has 0 aliphatic rings. The van der Waals surface area contributed by atoms with Crippen molar-refractivity contribution in [3.8, 4) is 5.75 Å². The van der Waals surface area contributed by atoms with Gasteiger partial charge in [0.2, 0.25) is 0 Å². The van der Waals surface area contributed by atoms with Gasteiger partial charge in [0, 0.05) is 19.3 Å². The first kappa shape index (κ1) is 18.4. The molecule has 0 fully saturated rings. The molecule has 0 saturated carbocycles. The Hall–Kier alpha value is -1.95. The summed E-state index contributed by atoms with van der Waals surface area (Å²) in [5.74, 6) is 0.273. The summed E-state index contributed by atoms with van der Waals surface area (Å²) < 4.78 is 31.3. The zero-order valence-electron chi connectivity index (χ0n) is 14.9. The molecule has 1 heterocycles. The smallest absolute Gasteiger partial charge is 0.387 e. The molecule has 0 bridgehead atoms. The maximum Gasteiger partial charge on any atom is 0.387 e. The van der Waals surface area contributed by atoms with Gasteiger partial charge in [-0.3, -0.25) is 4.68 Å². The van der Waals surface area contributed by atoms with Gasteiger partial charge in [-0.05, 0) is 62.9 Å². The Kier molecular flexibility index (Phi) is 5.94. The van der Waals surface area contributed by atoms with E-state index in [4.69, 9.17) is 0 Å². The number of nitrogens with zero attached hydrogens (tertiary/aromatic N) is 2. The molecule has 132 valence electrons. The lowest BCUT2D eigenvalue weighted by Gasteiger charge is -2.14. The number of halogens is 2. The quantitative estimate of drug-likeness (QED) is 0.785. The van der Waals surface area contributed by atoms with E-state index in [9.17, 15) is 8.78 Å². The Bertz CT molecular complexity index is 688. The van der Waals surface area contributed by atoms with Crippen molar-refractivity contribution in [3.63, 3.8) is 0 Å². The van der Waals surface area contributed by atoms with Crippen LogP contribution in [0.4, 0.5) is 8.78 Å². The molecule has 0 radical (unpaired) electrons. The lowest BCUT2D eigenvalue weighted by atomic mass is 10.1. The second-order valence-corrected chi connectivity index (χ2v) is 6.14. The molecule has 2 aromatic rings. The van der Waals surface area contributed by atoms with E-state index < -0.39 is 6.61 Å². The first-order valence-corrected chi connectivity index (χ1v) is 8.04. The van der Waals surface area contributed by atoms with Gasteiger partial charge in [0.05, 0.1) is 5.69 Å². The molecule has 1 N–H and O–H groups in total. The Morgan fingerprint density at radius 1 is 1.17 bits per heavy atom. The Morgan fingerprint density at radius 2 is 1.79 bits per heavy atom. The first-order valence-electron chi connectivity index (χ1n) is 8.04. The minimum atomic E-state index is -2.79. The van der Waals surface area contributed by atoms with E-state index in [0.717, 1.165) is 35.3 Å². The maximum atomic E-state index is 12.4. The molecule has 0 unspecified atom stereocenters. The molecule has 6 heteroatoms. The third-order valence-electron chi connectivity index (χ3n) is 4.27. The van der Waals surface area contributed by atoms with E-state index >= 15 is 0 Å². The van der Waals surface area contributed by atoms with Gasteiger partial charge in [0.25, 0.3) is 0 Å². The maximum absolute atomic E-state index is 12.4. The summed E-state index contributed by atoms with van der Waals surface area (Å²) in [5.41, 5.74) is 6.05. The van der Waals surface area contributed by atoms with Crippen LogP contribution in [0.5, 0.6) is 5.75 Å². The SMILES string of the molecule is Cc1cc(CNCCc2c(C)nn(C)c2C)cc(C)c1OC(F)F. The number of benzene rings is 1. The summed E-state index contributed by atoms with van der Waals surface area (Å²) in [6, 6.07) is 3.77. The average molecular weight is 337 g/mol. The summed E-state index contributed by atoms with van der Waals surface area (Å²) in [4.78, 5) is 0. The van der Waals surface area contributed by atoms with Crippen molar-refractivity contribution < 1.29 is 13.5 Å². The Morgan fingerprint density at radius 3 is 2.29 bits per heavy atom. The summed E-state index contributed by atoms with van der Waals surface area (Å²) in [5, 5.41) is 7.82. The number of hydrogen-bond acceptors (Lipinski definition) is 3. The van der Waals surface area contributed by atoms with Gasteiger partial charge in [-0.25, -0.2) is 0 Å². The zero-order valence-corrected chi connectivity index (χ0v) is 14.9. The normalized spacial score (nSPS) is 11.3. The van der Waals surface area contributed by atoms with E-state index in [1.165, 1.54) is 11.3 Å². The molecule has 0 amide bonds. The van der Waals surface area contributed by atoms with Crippen LogP contribution < -0.4 is 10.1 Å². The van der Waals surface area contributed by atoms with Crippen LogP contribution in [0.3, 0.4) is 0 Å². The summed E-state index contributed by atoms with van der Waals surface area (Å²) in [6.07, 6.45) is 0.913. The lowest BCUT2D eigenvalue weighted by Crippen LogP contribution is -2.17. The van der Waals surface area contributed by atoms with Crippen molar-refractivity contribution in [2.75, 3.05) is 6.54 Å². The third-order valence-corrected chi connectivity index (χ3v) is 4.27. The van der Waals surface area contributed by atoms with Gasteiger partial charge < -0.3 is 10.1 Å². The van der Waals surface area contributed by atoms with Crippen molar-refractivity contribution in [2.45, 2.75) is 47.3 Å². The van der Waals surface area contributed by atoms with Crippen LogP contribution in [0.15, 0.2) is 12.1 Å². The molecule has 0 aliphatic carbocycles. The molecule has 4 nitrogen and oxygen atoms in total. The van der Waals surface area contributed by atoms with E-state index in [2.05, 4.69) is 22.1 Å². The first-order chi connectivity index (χ1) is 11.3. The van der Waals surface area contributed by atoms with Crippen LogP contribution in [0.2, 0.25) is 0 Å². The average Bonchev–Trinajstić information content (AvgIpc) is 2.73. The van der Waals surface area contributed by atoms with Crippen molar-refractivity contribution >= 4 is 0 Å². The fourth-order valence-corrected chi connectivity index (χ4v) is 3.04. The highest BCUT2D eigenvalue weighted by Crippen LogP contribution is 2.26. The molecule has 0 spiro atoms. The van der Waals surface area contributed by atoms with E-state index in [0.29, 0.717) is 6.54 Å². The number of ether oxygens (including phenoxy) is 1. The number of rotatable bonds is 7. The van der Waals surface area contributed by atoms with Crippen LogP contribution in [0.1, 0.15) is 33.6 Å². The predicted octanol–water partition coefficient (Wildman–Crippen LogP) is 3.59. The molecule has 0 saturated heterocycles. The molecule has 24 heavy (non-hydrogen) atoms. The summed E-state index contributed by atoms with van der Waals surface area (Å²) in [6.45, 7) is 6.40. The largest absolute Gasteiger partial charge is 0.434 e. The standard InChI is InChI=1S/C18H25F2N3O/c1-11-8-15(9-12(2)17(11)24-18(19)20)10-21-7-6-16-13(3)22-23(5)14(16)4/h8-9,18,21H,6-7,10H2,1-5H3. The molecule has 1 aromatic heterocycles. The van der Waals surface area contributed by atoms with Crippen molar-refractivity contribution in [3.05, 3.63) is 45.8 Å². The highest BCUT2D eigenvalue weighted by atomic mass is 19.3. The minimum Gasteiger partial charge on any atom is -0.434 e. The van der Waals surface area contributed by atoms with Gasteiger partial charge in [0.15, 0.2) is 0 Å². The third kappa shape index (κ3) is 4.32. The fraction of sp³-hybridized carbons (Fsp3) is 0.500. The van der Waals surface area contributed by atoms with Crippen LogP contribution in [0.25, 0.3) is 0 Å². The Labute approximate surface area is 141 Å². The van der Waals surface area contributed by atoms with E-state index in [1.54, 1.807) is 13.8 Å². The Balaban J connectivity index is 1.93. The van der Waals surface area contributed by atoms with Crippen molar-refractivity contribution in [2.24, 2.45) is 7.05 Å². The molecule has 1 aromatic carbocycles. The van der Waals surface area contributed by atoms with Crippen LogP contribution in [0, 0.1) is 27.7 Å². The van der Waals surface area contributed by atoms with Gasteiger partial charge >= 0.3 is 6.61 Å². The predicted molar refractivity (Wildman–Crippen MR) is 90.6 cm³/mol. The number of nitrogens with one attached hydrogen (secondary N) is 1. The van der Waals surface area contributed by atoms with Crippen LogP contribution >= 0.6 is 0 Å². The molecule has 2 rings (SSSR count). The molecule has 0 aliphatic heterocycles. The second kappa shape index (κ2) is 7.75. The zero-order chi connectivity index (χ0) is 17.9. The topological polar surface area (TPSA) is 39.1 Å². The van der Waals surface area contributed by atoms with Crippen molar-refractivity contribution in [1.82, 2.24) is 15.1 Å². The van der Waals surface area contributed by atoms with E-state index in [1.807, 2.05) is 30.8 Å². The monoisotopic (exact) mass is 337 g/mol. The summed E-state index contributed by atoms with van der Waals surface area (Å²) >= 11 is 0. The number of alkyl halides is 2. The van der Waals surface area contributed by atoms with Gasteiger partial charge in [0.1, 0.15) is 5.75 Å². The lowest BCUT2D eigenvalue weighted by molar-refractivity contribution is -0.0507. The minimum absolute atomic E-state index is 0.273. The number of aryl methyl sites for hydroxylation is 4. The van der Waals surface area contributed by atoms with Crippen LogP contribution in [-0.4, -0.2) is 22.9 Å². The number of hydrogen-bond donors (Lipinski definition) is 1. The van der Waals surface area contributed by atoms with Crippen LogP contribution in [-0.2, 0) is 20.0 Å². The van der Waals surface area contributed by atoms with Gasteiger partial charge in [-0.2, -0.15) is 13.9 Å². The highest BCUT2D eigenvalue weighted by molar-refractivity contribution is 5.43.